The first-order chi connectivity index (χ1) is 12.2. The van der Waals surface area contributed by atoms with Gasteiger partial charge < -0.3 is 10.2 Å². The topological polar surface area (TPSA) is 49.4 Å². The highest BCUT2D eigenvalue weighted by molar-refractivity contribution is 5.77. The van der Waals surface area contributed by atoms with Crippen molar-refractivity contribution in [2.45, 2.75) is 95.9 Å². The van der Waals surface area contributed by atoms with Crippen molar-refractivity contribution in [3.05, 3.63) is 0 Å². The number of hydrogen-bond acceptors (Lipinski definition) is 2. The summed E-state index contributed by atoms with van der Waals surface area (Å²) in [5.74, 6) is 1.84. The molecule has 2 atom stereocenters. The van der Waals surface area contributed by atoms with Crippen molar-refractivity contribution < 1.29 is 9.59 Å². The molecule has 3 fully saturated rings. The van der Waals surface area contributed by atoms with Gasteiger partial charge in [-0.1, -0.05) is 32.1 Å². The van der Waals surface area contributed by atoms with Crippen LogP contribution in [0.1, 0.15) is 89.9 Å². The van der Waals surface area contributed by atoms with E-state index < -0.39 is 0 Å². The maximum absolute atomic E-state index is 12.6. The molecule has 142 valence electrons. The molecule has 3 aliphatic rings. The Balaban J connectivity index is 1.32. The largest absolute Gasteiger partial charge is 0.356 e. The van der Waals surface area contributed by atoms with Crippen molar-refractivity contribution >= 4 is 11.8 Å². The summed E-state index contributed by atoms with van der Waals surface area (Å²) in [6.07, 6.45) is 16.0. The van der Waals surface area contributed by atoms with Crippen LogP contribution in [0.15, 0.2) is 0 Å². The van der Waals surface area contributed by atoms with Crippen LogP contribution in [0.3, 0.4) is 0 Å². The highest BCUT2D eigenvalue weighted by Gasteiger charge is 2.35. The molecule has 2 saturated carbocycles. The van der Waals surface area contributed by atoms with Crippen LogP contribution in [0, 0.1) is 11.8 Å². The van der Waals surface area contributed by atoms with E-state index in [0.29, 0.717) is 37.3 Å². The fraction of sp³-hybridized carbons (Fsp3) is 0.905. The Bertz CT molecular complexity index is 443. The Morgan fingerprint density at radius 1 is 0.880 bits per heavy atom. The van der Waals surface area contributed by atoms with Crippen LogP contribution in [0.2, 0.25) is 0 Å². The molecule has 0 spiro atoms. The van der Waals surface area contributed by atoms with Crippen LogP contribution < -0.4 is 5.32 Å². The summed E-state index contributed by atoms with van der Waals surface area (Å²) in [7, 11) is 0. The van der Waals surface area contributed by atoms with E-state index in [2.05, 4.69) is 10.2 Å². The summed E-state index contributed by atoms with van der Waals surface area (Å²) in [6, 6.07) is 0.510. The number of amides is 2. The smallest absolute Gasteiger partial charge is 0.222 e. The standard InChI is InChI=1S/C21H36N2O2/c24-20(16-17-8-2-1-3-9-17)22-14-6-13-21(25)23-15-7-11-18-10-4-5-12-19(18)23/h17-19H,1-16H2,(H,22,24). The molecule has 0 radical (unpaired) electrons. The summed E-state index contributed by atoms with van der Waals surface area (Å²) >= 11 is 0. The van der Waals surface area contributed by atoms with Gasteiger partial charge in [-0.15, -0.1) is 0 Å². The molecule has 1 saturated heterocycles. The molecule has 1 aliphatic heterocycles. The quantitative estimate of drug-likeness (QED) is 0.737. The summed E-state index contributed by atoms with van der Waals surface area (Å²) in [6.45, 7) is 1.60. The molecule has 2 unspecified atom stereocenters. The van der Waals surface area contributed by atoms with E-state index in [1.165, 1.54) is 70.6 Å². The Labute approximate surface area is 153 Å². The number of nitrogens with zero attached hydrogens (tertiary/aromatic N) is 1. The Hall–Kier alpha value is -1.06. The number of carbonyl (C=O) groups excluding carboxylic acids is 2. The molecule has 2 amide bonds. The molecule has 4 heteroatoms. The van der Waals surface area contributed by atoms with Crippen LogP contribution in [0.4, 0.5) is 0 Å². The molecule has 25 heavy (non-hydrogen) atoms. The molecule has 0 aromatic rings. The molecule has 0 aromatic heterocycles. The first-order valence-corrected chi connectivity index (χ1v) is 10.8. The number of likely N-dealkylation sites (tertiary alicyclic amines) is 1. The van der Waals surface area contributed by atoms with Crippen molar-refractivity contribution in [2.24, 2.45) is 11.8 Å². The van der Waals surface area contributed by atoms with Gasteiger partial charge in [0.2, 0.25) is 11.8 Å². The number of fused-ring (bicyclic) bond motifs is 1. The number of piperidine rings is 1. The lowest BCUT2D eigenvalue weighted by atomic mass is 9.78. The third-order valence-corrected chi connectivity index (χ3v) is 6.65. The Kier molecular flexibility index (Phi) is 7.18. The van der Waals surface area contributed by atoms with Crippen molar-refractivity contribution in [1.82, 2.24) is 10.2 Å². The lowest BCUT2D eigenvalue weighted by Gasteiger charge is -2.44. The van der Waals surface area contributed by atoms with Crippen LogP contribution in [0.25, 0.3) is 0 Å². The van der Waals surface area contributed by atoms with E-state index in [1.807, 2.05) is 0 Å². The van der Waals surface area contributed by atoms with Gasteiger partial charge in [0.1, 0.15) is 0 Å². The predicted octanol–water partition coefficient (Wildman–Crippen LogP) is 4.03. The number of rotatable bonds is 6. The minimum Gasteiger partial charge on any atom is -0.356 e. The summed E-state index contributed by atoms with van der Waals surface area (Å²) in [5, 5.41) is 3.03. The second kappa shape index (κ2) is 9.59. The zero-order valence-electron chi connectivity index (χ0n) is 15.8. The third kappa shape index (κ3) is 5.46. The van der Waals surface area contributed by atoms with E-state index in [-0.39, 0.29) is 5.91 Å². The van der Waals surface area contributed by atoms with Gasteiger partial charge in [0.25, 0.3) is 0 Å². The molecular weight excluding hydrogens is 312 g/mol. The van der Waals surface area contributed by atoms with E-state index >= 15 is 0 Å². The summed E-state index contributed by atoms with van der Waals surface area (Å²) in [5.41, 5.74) is 0. The first kappa shape index (κ1) is 18.7. The minimum atomic E-state index is 0.185. The first-order valence-electron chi connectivity index (χ1n) is 10.8. The van der Waals surface area contributed by atoms with Gasteiger partial charge in [-0.05, 0) is 56.8 Å². The number of nitrogens with one attached hydrogen (secondary N) is 1. The predicted molar refractivity (Wildman–Crippen MR) is 100 cm³/mol. The fourth-order valence-corrected chi connectivity index (χ4v) is 5.27. The second-order valence-corrected chi connectivity index (χ2v) is 8.50. The lowest BCUT2D eigenvalue weighted by molar-refractivity contribution is -0.137. The van der Waals surface area contributed by atoms with Gasteiger partial charge in [0.15, 0.2) is 0 Å². The van der Waals surface area contributed by atoms with E-state index in [0.717, 1.165) is 18.9 Å². The van der Waals surface area contributed by atoms with E-state index in [4.69, 9.17) is 0 Å². The average Bonchev–Trinajstić information content (AvgIpc) is 2.65. The molecule has 0 aromatic carbocycles. The maximum Gasteiger partial charge on any atom is 0.222 e. The van der Waals surface area contributed by atoms with Crippen molar-refractivity contribution in [1.29, 1.82) is 0 Å². The molecule has 3 rings (SSSR count). The van der Waals surface area contributed by atoms with Gasteiger partial charge >= 0.3 is 0 Å². The zero-order valence-corrected chi connectivity index (χ0v) is 15.8. The van der Waals surface area contributed by atoms with Gasteiger partial charge in [0.05, 0.1) is 0 Å². The minimum absolute atomic E-state index is 0.185. The monoisotopic (exact) mass is 348 g/mol. The van der Waals surface area contributed by atoms with Crippen LogP contribution in [-0.2, 0) is 9.59 Å². The fourth-order valence-electron chi connectivity index (χ4n) is 5.27. The molecule has 0 bridgehead atoms. The van der Waals surface area contributed by atoms with Gasteiger partial charge in [-0.2, -0.15) is 0 Å². The van der Waals surface area contributed by atoms with Crippen LogP contribution in [0.5, 0.6) is 0 Å². The van der Waals surface area contributed by atoms with E-state index in [1.54, 1.807) is 0 Å². The highest BCUT2D eigenvalue weighted by atomic mass is 16.2. The number of carbonyl (C=O) groups is 2. The van der Waals surface area contributed by atoms with Crippen molar-refractivity contribution in [3.8, 4) is 0 Å². The number of hydrogen-bond donors (Lipinski definition) is 1. The third-order valence-electron chi connectivity index (χ3n) is 6.65. The SMILES string of the molecule is O=C(CC1CCCCC1)NCCCC(=O)N1CCCC2CCCCC21. The Morgan fingerprint density at radius 2 is 1.60 bits per heavy atom. The second-order valence-electron chi connectivity index (χ2n) is 8.50. The van der Waals surface area contributed by atoms with Gasteiger partial charge in [0, 0.05) is 32.0 Å². The highest BCUT2D eigenvalue weighted by Crippen LogP contribution is 2.35. The van der Waals surface area contributed by atoms with Gasteiger partial charge in [-0.3, -0.25) is 9.59 Å². The van der Waals surface area contributed by atoms with Gasteiger partial charge in [-0.25, -0.2) is 0 Å². The zero-order chi connectivity index (χ0) is 17.5. The van der Waals surface area contributed by atoms with E-state index in [9.17, 15) is 9.59 Å². The molecule has 1 N–H and O–H groups in total. The maximum atomic E-state index is 12.6. The molecule has 1 heterocycles. The van der Waals surface area contributed by atoms with Crippen LogP contribution in [-0.4, -0.2) is 35.8 Å². The average molecular weight is 349 g/mol. The lowest BCUT2D eigenvalue weighted by Crippen LogP contribution is -2.49. The summed E-state index contributed by atoms with van der Waals surface area (Å²) < 4.78 is 0. The molecule has 2 aliphatic carbocycles. The molecular formula is C21H36N2O2. The summed E-state index contributed by atoms with van der Waals surface area (Å²) in [4.78, 5) is 26.8. The molecule has 4 nitrogen and oxygen atoms in total. The van der Waals surface area contributed by atoms with Crippen molar-refractivity contribution in [3.63, 3.8) is 0 Å². The van der Waals surface area contributed by atoms with Crippen LogP contribution >= 0.6 is 0 Å². The Morgan fingerprint density at radius 3 is 2.44 bits per heavy atom. The normalized spacial score (nSPS) is 27.6. The van der Waals surface area contributed by atoms with Crippen molar-refractivity contribution in [2.75, 3.05) is 13.1 Å².